The van der Waals surface area contributed by atoms with E-state index in [1.165, 1.54) is 0 Å². The predicted molar refractivity (Wildman–Crippen MR) is 129 cm³/mol. The van der Waals surface area contributed by atoms with E-state index in [9.17, 15) is 0 Å². The molecular weight excluding hydrogens is 376 g/mol. The first kappa shape index (κ1) is 19.2. The number of pyridine rings is 2. The molecule has 2 aromatic carbocycles. The Morgan fingerprint density at radius 2 is 1.35 bits per heavy atom. The molecular formula is C29H24N2. The molecule has 0 saturated heterocycles. The monoisotopic (exact) mass is 400 g/mol. The van der Waals surface area contributed by atoms with Crippen molar-refractivity contribution >= 4 is 0 Å². The lowest BCUT2D eigenvalue weighted by Crippen LogP contribution is -2.20. The first-order chi connectivity index (χ1) is 15.2. The van der Waals surface area contributed by atoms with Crippen LogP contribution in [0.2, 0.25) is 0 Å². The van der Waals surface area contributed by atoms with Crippen molar-refractivity contribution in [2.45, 2.75) is 18.8 Å². The van der Waals surface area contributed by atoms with Crippen LogP contribution in [0.3, 0.4) is 0 Å². The number of aromatic nitrogens is 2. The summed E-state index contributed by atoms with van der Waals surface area (Å²) in [7, 11) is 0. The fraction of sp³-hybridized carbons (Fsp3) is 0.103. The normalized spacial score (nSPS) is 17.6. The summed E-state index contributed by atoms with van der Waals surface area (Å²) in [6, 6.07) is 27.4. The minimum atomic E-state index is -0.0265. The highest BCUT2D eigenvalue weighted by Gasteiger charge is 2.24. The molecule has 2 nitrogen and oxygen atoms in total. The molecule has 5 rings (SSSR count). The molecule has 0 bridgehead atoms. The van der Waals surface area contributed by atoms with Gasteiger partial charge in [0, 0.05) is 34.5 Å². The molecule has 0 saturated carbocycles. The summed E-state index contributed by atoms with van der Waals surface area (Å²) in [6.07, 6.45) is 13.6. The Bertz CT molecular complexity index is 1240. The van der Waals surface area contributed by atoms with Gasteiger partial charge < -0.3 is 0 Å². The van der Waals surface area contributed by atoms with Gasteiger partial charge in [-0.1, -0.05) is 91.9 Å². The van der Waals surface area contributed by atoms with Crippen molar-refractivity contribution in [2.24, 2.45) is 0 Å². The molecule has 0 fully saturated rings. The second-order valence-electron chi connectivity index (χ2n) is 8.22. The fourth-order valence-corrected chi connectivity index (χ4v) is 4.04. The van der Waals surface area contributed by atoms with Gasteiger partial charge in [0.2, 0.25) is 0 Å². The quantitative estimate of drug-likeness (QED) is 0.360. The van der Waals surface area contributed by atoms with Gasteiger partial charge in [-0.05, 0) is 35.7 Å². The van der Waals surface area contributed by atoms with Crippen LogP contribution in [0.4, 0.5) is 0 Å². The lowest BCUT2D eigenvalue weighted by Gasteiger charge is -2.26. The Morgan fingerprint density at radius 3 is 1.97 bits per heavy atom. The standard InChI is InChI=1S/C29H24N2/c1-29(17-6-3-7-18-29)28-16-14-26(21-31-28)24-12-8-11-23(19-24)25-13-15-27(30-20-25)22-9-4-2-5-10-22/h2-17,19-21H,18H2,1H3. The summed E-state index contributed by atoms with van der Waals surface area (Å²) < 4.78 is 0. The van der Waals surface area contributed by atoms with Crippen molar-refractivity contribution in [1.82, 2.24) is 9.97 Å². The minimum Gasteiger partial charge on any atom is -0.260 e. The Hall–Kier alpha value is -3.78. The Kier molecular flexibility index (Phi) is 5.05. The van der Waals surface area contributed by atoms with Crippen molar-refractivity contribution in [3.8, 4) is 33.5 Å². The molecule has 0 spiro atoms. The third-order valence-electron chi connectivity index (χ3n) is 5.96. The molecule has 0 amide bonds. The Labute approximate surface area is 183 Å². The number of allylic oxidation sites excluding steroid dienone is 4. The lowest BCUT2D eigenvalue weighted by molar-refractivity contribution is 0.579. The van der Waals surface area contributed by atoms with E-state index in [1.54, 1.807) is 0 Å². The van der Waals surface area contributed by atoms with Gasteiger partial charge in [0.25, 0.3) is 0 Å². The lowest BCUT2D eigenvalue weighted by atomic mass is 9.80. The summed E-state index contributed by atoms with van der Waals surface area (Å²) in [5.74, 6) is 0. The van der Waals surface area contributed by atoms with Crippen molar-refractivity contribution in [3.63, 3.8) is 0 Å². The molecule has 2 aromatic heterocycles. The molecule has 1 aliphatic carbocycles. The van der Waals surface area contributed by atoms with Gasteiger partial charge in [0.05, 0.1) is 11.4 Å². The minimum absolute atomic E-state index is 0.0265. The molecule has 150 valence electrons. The molecule has 0 radical (unpaired) electrons. The molecule has 4 aromatic rings. The average Bonchev–Trinajstić information content (AvgIpc) is 2.85. The van der Waals surface area contributed by atoms with Gasteiger partial charge in [-0.2, -0.15) is 0 Å². The van der Waals surface area contributed by atoms with Crippen LogP contribution in [0.5, 0.6) is 0 Å². The molecule has 1 aliphatic rings. The topological polar surface area (TPSA) is 25.8 Å². The highest BCUT2D eigenvalue weighted by Crippen LogP contribution is 2.32. The van der Waals surface area contributed by atoms with Crippen LogP contribution in [-0.2, 0) is 5.41 Å². The van der Waals surface area contributed by atoms with Gasteiger partial charge in [-0.15, -0.1) is 0 Å². The molecule has 31 heavy (non-hydrogen) atoms. The van der Waals surface area contributed by atoms with E-state index in [2.05, 4.69) is 96.9 Å². The maximum Gasteiger partial charge on any atom is 0.0702 e. The average molecular weight is 401 g/mol. The third-order valence-corrected chi connectivity index (χ3v) is 5.96. The van der Waals surface area contributed by atoms with Gasteiger partial charge in [-0.25, -0.2) is 0 Å². The molecule has 2 heteroatoms. The Morgan fingerprint density at radius 1 is 0.645 bits per heavy atom. The Balaban J connectivity index is 1.40. The summed E-state index contributed by atoms with van der Waals surface area (Å²) in [6.45, 7) is 2.24. The van der Waals surface area contributed by atoms with E-state index < -0.39 is 0 Å². The van der Waals surface area contributed by atoms with Crippen LogP contribution in [-0.4, -0.2) is 9.97 Å². The van der Waals surface area contributed by atoms with Crippen LogP contribution in [0, 0.1) is 0 Å². The van der Waals surface area contributed by atoms with E-state index in [0.717, 1.165) is 45.6 Å². The molecule has 0 N–H and O–H groups in total. The maximum absolute atomic E-state index is 4.80. The zero-order valence-electron chi connectivity index (χ0n) is 17.6. The van der Waals surface area contributed by atoms with Crippen molar-refractivity contribution in [1.29, 1.82) is 0 Å². The third kappa shape index (κ3) is 3.97. The van der Waals surface area contributed by atoms with Gasteiger partial charge in [0.1, 0.15) is 0 Å². The smallest absolute Gasteiger partial charge is 0.0702 e. The van der Waals surface area contributed by atoms with E-state index in [4.69, 9.17) is 4.98 Å². The number of hydrogen-bond donors (Lipinski definition) is 0. The van der Waals surface area contributed by atoms with Crippen LogP contribution < -0.4 is 0 Å². The first-order valence-electron chi connectivity index (χ1n) is 10.6. The van der Waals surface area contributed by atoms with Gasteiger partial charge in [0.15, 0.2) is 0 Å². The van der Waals surface area contributed by atoms with Crippen LogP contribution in [0.1, 0.15) is 19.0 Å². The second kappa shape index (κ2) is 8.16. The number of nitrogens with zero attached hydrogens (tertiary/aromatic N) is 2. The zero-order chi connectivity index (χ0) is 21.1. The van der Waals surface area contributed by atoms with E-state index in [0.29, 0.717) is 0 Å². The molecule has 1 atom stereocenters. The van der Waals surface area contributed by atoms with Crippen molar-refractivity contribution in [2.75, 3.05) is 0 Å². The van der Waals surface area contributed by atoms with E-state index in [-0.39, 0.29) is 5.41 Å². The molecule has 2 heterocycles. The second-order valence-corrected chi connectivity index (χ2v) is 8.22. The number of rotatable bonds is 4. The van der Waals surface area contributed by atoms with Crippen LogP contribution >= 0.6 is 0 Å². The largest absolute Gasteiger partial charge is 0.260 e. The first-order valence-corrected chi connectivity index (χ1v) is 10.6. The van der Waals surface area contributed by atoms with Crippen LogP contribution in [0.15, 0.2) is 116 Å². The summed E-state index contributed by atoms with van der Waals surface area (Å²) in [5.41, 5.74) is 7.74. The highest BCUT2D eigenvalue weighted by molar-refractivity contribution is 5.73. The molecule has 0 aliphatic heterocycles. The number of hydrogen-bond acceptors (Lipinski definition) is 2. The van der Waals surface area contributed by atoms with Crippen LogP contribution in [0.25, 0.3) is 33.5 Å². The highest BCUT2D eigenvalue weighted by atomic mass is 14.7. The van der Waals surface area contributed by atoms with Crippen molar-refractivity contribution < 1.29 is 0 Å². The zero-order valence-corrected chi connectivity index (χ0v) is 17.6. The maximum atomic E-state index is 4.80. The molecule has 1 unspecified atom stereocenters. The summed E-state index contributed by atoms with van der Waals surface area (Å²) >= 11 is 0. The van der Waals surface area contributed by atoms with Gasteiger partial charge in [-0.3, -0.25) is 9.97 Å². The van der Waals surface area contributed by atoms with E-state index >= 15 is 0 Å². The van der Waals surface area contributed by atoms with Crippen molar-refractivity contribution in [3.05, 3.63) is 121 Å². The fourth-order valence-electron chi connectivity index (χ4n) is 4.04. The SMILES string of the molecule is CC1(c2ccc(-c3cccc(-c4ccc(-c5ccccc5)nc4)c3)cn2)C=CC=CC1. The predicted octanol–water partition coefficient (Wildman–Crippen LogP) is 7.25. The van der Waals surface area contributed by atoms with Gasteiger partial charge >= 0.3 is 0 Å². The summed E-state index contributed by atoms with van der Waals surface area (Å²) in [4.78, 5) is 9.48. The number of benzene rings is 2. The van der Waals surface area contributed by atoms with E-state index in [1.807, 2.05) is 30.6 Å². The summed E-state index contributed by atoms with van der Waals surface area (Å²) in [5, 5.41) is 0.